The van der Waals surface area contributed by atoms with Crippen LogP contribution >= 0.6 is 23.2 Å². The second-order valence-corrected chi connectivity index (χ2v) is 7.78. The van der Waals surface area contributed by atoms with Gasteiger partial charge in [-0.1, -0.05) is 23.2 Å². The van der Waals surface area contributed by atoms with Crippen LogP contribution in [0.25, 0.3) is 0 Å². The highest BCUT2D eigenvalue weighted by atomic mass is 35.5. The lowest BCUT2D eigenvalue weighted by Gasteiger charge is -2.17. The Kier molecular flexibility index (Phi) is 4.72. The highest BCUT2D eigenvalue weighted by Gasteiger charge is 2.35. The maximum atomic E-state index is 12.7. The van der Waals surface area contributed by atoms with Crippen LogP contribution in [-0.2, 0) is 10.0 Å². The van der Waals surface area contributed by atoms with Gasteiger partial charge in [0.2, 0.25) is 15.9 Å². The second kappa shape index (κ2) is 6.60. The van der Waals surface area contributed by atoms with Crippen molar-refractivity contribution >= 4 is 33.2 Å². The number of hydrogen-bond donors (Lipinski definition) is 0. The van der Waals surface area contributed by atoms with E-state index in [1.54, 1.807) is 24.4 Å². The van der Waals surface area contributed by atoms with Gasteiger partial charge in [-0.3, -0.25) is 0 Å². The van der Waals surface area contributed by atoms with Gasteiger partial charge in [0, 0.05) is 23.8 Å². The first-order valence-corrected chi connectivity index (χ1v) is 9.06. The molecule has 0 radical (unpaired) electrons. The van der Waals surface area contributed by atoms with Gasteiger partial charge in [0.05, 0.1) is 11.6 Å². The lowest BCUT2D eigenvalue weighted by Crippen LogP contribution is -2.31. The molecule has 1 saturated heterocycles. The monoisotopic (exact) mass is 373 g/mol. The Bertz CT molecular complexity index is 802. The zero-order valence-corrected chi connectivity index (χ0v) is 14.2. The minimum Gasteiger partial charge on any atom is -0.472 e. The molecule has 1 fully saturated rings. The van der Waals surface area contributed by atoms with Crippen LogP contribution in [0.15, 0.2) is 41.4 Å². The van der Waals surface area contributed by atoms with Gasteiger partial charge >= 0.3 is 0 Å². The van der Waals surface area contributed by atoms with E-state index < -0.39 is 10.0 Å². The van der Waals surface area contributed by atoms with E-state index in [0.29, 0.717) is 23.9 Å². The molecule has 122 valence electrons. The van der Waals surface area contributed by atoms with E-state index in [2.05, 4.69) is 10.2 Å². The van der Waals surface area contributed by atoms with Gasteiger partial charge in [-0.15, -0.1) is 5.10 Å². The lowest BCUT2D eigenvalue weighted by molar-refractivity contribution is 0.204. The molecule has 1 unspecified atom stereocenters. The summed E-state index contributed by atoms with van der Waals surface area (Å²) in [6.07, 6.45) is 1.83. The van der Waals surface area contributed by atoms with Crippen LogP contribution in [-0.4, -0.2) is 42.1 Å². The molecule has 0 amide bonds. The van der Waals surface area contributed by atoms with E-state index in [0.717, 1.165) is 0 Å². The molecule has 3 rings (SSSR count). The number of nitrogens with zero attached hydrogens (tertiary/aromatic N) is 3. The number of halogens is 2. The smallest absolute Gasteiger partial charge is 0.244 e. The molecule has 0 bridgehead atoms. The van der Waals surface area contributed by atoms with Crippen molar-refractivity contribution in [3.05, 3.63) is 46.6 Å². The number of ether oxygens (including phenoxy) is 1. The first-order valence-electron chi connectivity index (χ1n) is 6.86. The summed E-state index contributed by atoms with van der Waals surface area (Å²) in [5, 5.41) is 8.02. The third-order valence-electron chi connectivity index (χ3n) is 3.45. The molecule has 6 nitrogen and oxygen atoms in total. The molecule has 2 heterocycles. The van der Waals surface area contributed by atoms with Gasteiger partial charge in [-0.2, -0.15) is 9.40 Å². The highest BCUT2D eigenvalue weighted by molar-refractivity contribution is 7.89. The summed E-state index contributed by atoms with van der Waals surface area (Å²) in [6, 6.07) is 7.76. The molecule has 0 spiro atoms. The molecule has 23 heavy (non-hydrogen) atoms. The maximum Gasteiger partial charge on any atom is 0.244 e. The van der Waals surface area contributed by atoms with E-state index in [1.165, 1.54) is 16.4 Å². The van der Waals surface area contributed by atoms with Gasteiger partial charge in [0.1, 0.15) is 11.0 Å². The number of hydrogen-bond acceptors (Lipinski definition) is 5. The number of benzene rings is 1. The van der Waals surface area contributed by atoms with E-state index in [1.807, 2.05) is 0 Å². The summed E-state index contributed by atoms with van der Waals surface area (Å²) in [5.74, 6) is 0.373. The molecule has 9 heteroatoms. The largest absolute Gasteiger partial charge is 0.472 e. The Hall–Kier alpha value is -1.41. The molecule has 1 atom stereocenters. The van der Waals surface area contributed by atoms with Crippen LogP contribution in [0.1, 0.15) is 6.42 Å². The van der Waals surface area contributed by atoms with Crippen LogP contribution in [0.3, 0.4) is 0 Å². The highest BCUT2D eigenvalue weighted by Crippen LogP contribution is 2.30. The predicted molar refractivity (Wildman–Crippen MR) is 86.3 cm³/mol. The van der Waals surface area contributed by atoms with Crippen molar-refractivity contribution in [2.75, 3.05) is 13.1 Å². The third-order valence-corrected chi connectivity index (χ3v) is 6.04. The molecule has 1 aliphatic heterocycles. The average Bonchev–Trinajstić information content (AvgIpc) is 3.00. The van der Waals surface area contributed by atoms with Crippen LogP contribution in [0.4, 0.5) is 0 Å². The Morgan fingerprint density at radius 2 is 2.09 bits per heavy atom. The molecule has 1 aromatic carbocycles. The molecule has 2 aromatic rings. The second-order valence-electron chi connectivity index (χ2n) is 5.03. The summed E-state index contributed by atoms with van der Waals surface area (Å²) in [6.45, 7) is 0.567. The summed E-state index contributed by atoms with van der Waals surface area (Å²) < 4.78 is 32.4. The van der Waals surface area contributed by atoms with Crippen molar-refractivity contribution in [3.63, 3.8) is 0 Å². The van der Waals surface area contributed by atoms with Gasteiger partial charge < -0.3 is 4.74 Å². The molecule has 0 saturated carbocycles. The quantitative estimate of drug-likeness (QED) is 0.823. The maximum absolute atomic E-state index is 12.7. The van der Waals surface area contributed by atoms with E-state index in [9.17, 15) is 8.42 Å². The fourth-order valence-electron chi connectivity index (χ4n) is 2.35. The van der Waals surface area contributed by atoms with Crippen LogP contribution in [0.5, 0.6) is 5.88 Å². The number of aromatic nitrogens is 2. The van der Waals surface area contributed by atoms with E-state index in [4.69, 9.17) is 27.9 Å². The summed E-state index contributed by atoms with van der Waals surface area (Å²) in [4.78, 5) is 0.00631. The number of sulfonamides is 1. The van der Waals surface area contributed by atoms with Crippen molar-refractivity contribution < 1.29 is 13.2 Å². The first kappa shape index (κ1) is 16.4. The van der Waals surface area contributed by atoms with Gasteiger partial charge in [0.25, 0.3) is 0 Å². The molecule has 1 aromatic heterocycles. The minimum absolute atomic E-state index is 0.00631. The Labute approximate surface area is 144 Å². The Balaban J connectivity index is 1.76. The van der Waals surface area contributed by atoms with E-state index >= 15 is 0 Å². The van der Waals surface area contributed by atoms with Gasteiger partial charge in [-0.25, -0.2) is 8.42 Å². The summed E-state index contributed by atoms with van der Waals surface area (Å²) in [7, 11) is -3.72. The van der Waals surface area contributed by atoms with Crippen molar-refractivity contribution in [1.29, 1.82) is 0 Å². The normalized spacial score (nSPS) is 19.0. The fourth-order valence-corrected chi connectivity index (χ4v) is 4.57. The van der Waals surface area contributed by atoms with Crippen molar-refractivity contribution in [2.45, 2.75) is 17.4 Å². The van der Waals surface area contributed by atoms with E-state index in [-0.39, 0.29) is 22.6 Å². The number of rotatable bonds is 4. The van der Waals surface area contributed by atoms with Crippen LogP contribution in [0.2, 0.25) is 10.0 Å². The van der Waals surface area contributed by atoms with Crippen molar-refractivity contribution in [1.82, 2.24) is 14.5 Å². The summed E-state index contributed by atoms with van der Waals surface area (Å²) in [5.41, 5.74) is 0. The topological polar surface area (TPSA) is 72.4 Å². The van der Waals surface area contributed by atoms with Crippen LogP contribution < -0.4 is 4.74 Å². The molecular weight excluding hydrogens is 361 g/mol. The standard InChI is InChI=1S/C14H13Cl2N3O3S/c15-10-3-4-12(16)13(8-10)23(20,21)19-7-5-11(9-19)22-14-2-1-6-17-18-14/h1-4,6,8,11H,5,7,9H2. The zero-order valence-electron chi connectivity index (χ0n) is 11.9. The molecule has 0 aliphatic carbocycles. The Morgan fingerprint density at radius 1 is 1.26 bits per heavy atom. The molecule has 1 aliphatic rings. The van der Waals surface area contributed by atoms with Gasteiger partial charge in [-0.05, 0) is 30.7 Å². The van der Waals surface area contributed by atoms with Crippen LogP contribution in [0, 0.1) is 0 Å². The Morgan fingerprint density at radius 3 is 2.83 bits per heavy atom. The van der Waals surface area contributed by atoms with Crippen molar-refractivity contribution in [2.24, 2.45) is 0 Å². The SMILES string of the molecule is O=S(=O)(c1cc(Cl)ccc1Cl)N1CCC(Oc2cccnn2)C1. The molecular formula is C14H13Cl2N3O3S. The third kappa shape index (κ3) is 3.58. The minimum atomic E-state index is -3.72. The lowest BCUT2D eigenvalue weighted by atomic mass is 10.3. The summed E-state index contributed by atoms with van der Waals surface area (Å²) >= 11 is 11.9. The fraction of sp³-hybridized carbons (Fsp3) is 0.286. The van der Waals surface area contributed by atoms with Gasteiger partial charge in [0.15, 0.2) is 0 Å². The predicted octanol–water partition coefficient (Wildman–Crippen LogP) is 2.63. The first-order chi connectivity index (χ1) is 11.0. The average molecular weight is 374 g/mol. The zero-order chi connectivity index (χ0) is 16.4. The van der Waals surface area contributed by atoms with Crippen molar-refractivity contribution in [3.8, 4) is 5.88 Å². The molecule has 0 N–H and O–H groups in total.